The monoisotopic (exact) mass is 250 g/mol. The first-order valence-corrected chi connectivity index (χ1v) is 6.77. The van der Waals surface area contributed by atoms with Gasteiger partial charge in [-0.1, -0.05) is 13.8 Å². The number of anilines is 1. The molecular formula is C13H18N2OS. The number of nitrogens with zero attached hydrogens (tertiary/aromatic N) is 1. The number of carbonyl (C=O) groups is 1. The fraction of sp³-hybridized carbons (Fsp3) is 0.462. The Balaban J connectivity index is 2.10. The SMILES string of the molecule is CC(C)Sc1ccc(N2CC(N)CC2=O)cc1. The summed E-state index contributed by atoms with van der Waals surface area (Å²) >= 11 is 1.82. The van der Waals surface area contributed by atoms with Crippen LogP contribution in [0.15, 0.2) is 29.2 Å². The summed E-state index contributed by atoms with van der Waals surface area (Å²) < 4.78 is 0. The molecule has 1 saturated heterocycles. The van der Waals surface area contributed by atoms with Crippen molar-refractivity contribution in [3.8, 4) is 0 Å². The third-order valence-corrected chi connectivity index (χ3v) is 3.69. The van der Waals surface area contributed by atoms with E-state index < -0.39 is 0 Å². The van der Waals surface area contributed by atoms with E-state index in [-0.39, 0.29) is 11.9 Å². The second-order valence-corrected chi connectivity index (χ2v) is 6.28. The lowest BCUT2D eigenvalue weighted by molar-refractivity contribution is -0.117. The molecule has 1 aromatic rings. The lowest BCUT2D eigenvalue weighted by atomic mass is 10.3. The highest BCUT2D eigenvalue weighted by molar-refractivity contribution is 7.99. The van der Waals surface area contributed by atoms with Gasteiger partial charge in [-0.15, -0.1) is 11.8 Å². The molecule has 0 spiro atoms. The fourth-order valence-electron chi connectivity index (χ4n) is 1.96. The second kappa shape index (κ2) is 5.10. The summed E-state index contributed by atoms with van der Waals surface area (Å²) in [5.41, 5.74) is 6.74. The van der Waals surface area contributed by atoms with E-state index in [1.807, 2.05) is 23.9 Å². The lowest BCUT2D eigenvalue weighted by Crippen LogP contribution is -2.27. The summed E-state index contributed by atoms with van der Waals surface area (Å²) in [7, 11) is 0. The van der Waals surface area contributed by atoms with Gasteiger partial charge < -0.3 is 10.6 Å². The Morgan fingerprint density at radius 1 is 1.35 bits per heavy atom. The number of thioether (sulfide) groups is 1. The molecule has 2 N–H and O–H groups in total. The predicted molar refractivity (Wildman–Crippen MR) is 72.4 cm³/mol. The molecule has 1 aliphatic heterocycles. The summed E-state index contributed by atoms with van der Waals surface area (Å²) in [6.45, 7) is 4.97. The van der Waals surface area contributed by atoms with Crippen molar-refractivity contribution in [3.05, 3.63) is 24.3 Å². The van der Waals surface area contributed by atoms with Crippen LogP contribution in [0.5, 0.6) is 0 Å². The normalized spacial score (nSPS) is 20.4. The van der Waals surface area contributed by atoms with Crippen LogP contribution in [0.2, 0.25) is 0 Å². The van der Waals surface area contributed by atoms with Gasteiger partial charge in [0, 0.05) is 34.8 Å². The van der Waals surface area contributed by atoms with Gasteiger partial charge in [0.15, 0.2) is 0 Å². The number of nitrogens with two attached hydrogens (primary N) is 1. The van der Waals surface area contributed by atoms with Crippen LogP contribution >= 0.6 is 11.8 Å². The van der Waals surface area contributed by atoms with Crippen molar-refractivity contribution in [2.24, 2.45) is 5.73 Å². The van der Waals surface area contributed by atoms with Crippen LogP contribution in [0, 0.1) is 0 Å². The second-order valence-electron chi connectivity index (χ2n) is 4.63. The molecule has 0 bridgehead atoms. The van der Waals surface area contributed by atoms with Gasteiger partial charge in [0.25, 0.3) is 0 Å². The highest BCUT2D eigenvalue weighted by Crippen LogP contribution is 2.27. The number of carbonyl (C=O) groups excluding carboxylic acids is 1. The van der Waals surface area contributed by atoms with Crippen molar-refractivity contribution in [1.29, 1.82) is 0 Å². The molecule has 0 saturated carbocycles. The molecule has 1 unspecified atom stereocenters. The molecule has 4 heteroatoms. The Bertz CT molecular complexity index is 402. The first-order chi connectivity index (χ1) is 8.06. The van der Waals surface area contributed by atoms with Gasteiger partial charge in [-0.3, -0.25) is 4.79 Å². The van der Waals surface area contributed by atoms with Crippen molar-refractivity contribution in [1.82, 2.24) is 0 Å². The summed E-state index contributed by atoms with van der Waals surface area (Å²) in [4.78, 5) is 14.7. The molecule has 1 fully saturated rings. The van der Waals surface area contributed by atoms with Crippen molar-refractivity contribution >= 4 is 23.4 Å². The lowest BCUT2D eigenvalue weighted by Gasteiger charge is -2.16. The third kappa shape index (κ3) is 3.01. The van der Waals surface area contributed by atoms with E-state index in [0.29, 0.717) is 18.2 Å². The van der Waals surface area contributed by atoms with Gasteiger partial charge in [0.05, 0.1) is 0 Å². The molecule has 1 amide bonds. The average Bonchev–Trinajstić information content (AvgIpc) is 2.58. The number of hydrogen-bond donors (Lipinski definition) is 1. The Kier molecular flexibility index (Phi) is 3.74. The van der Waals surface area contributed by atoms with E-state index in [0.717, 1.165) is 5.69 Å². The molecule has 92 valence electrons. The van der Waals surface area contributed by atoms with E-state index in [1.165, 1.54) is 4.90 Å². The van der Waals surface area contributed by atoms with E-state index in [4.69, 9.17) is 5.73 Å². The summed E-state index contributed by atoms with van der Waals surface area (Å²) in [5, 5.41) is 0.572. The van der Waals surface area contributed by atoms with Crippen LogP contribution in [0.4, 0.5) is 5.69 Å². The largest absolute Gasteiger partial charge is 0.326 e. The van der Waals surface area contributed by atoms with Crippen molar-refractivity contribution in [2.45, 2.75) is 36.5 Å². The number of amides is 1. The maximum atomic E-state index is 11.7. The van der Waals surface area contributed by atoms with Gasteiger partial charge in [0.1, 0.15) is 0 Å². The Hall–Kier alpha value is -1.00. The molecule has 0 radical (unpaired) electrons. The van der Waals surface area contributed by atoms with Crippen LogP contribution < -0.4 is 10.6 Å². The molecule has 2 rings (SSSR count). The van der Waals surface area contributed by atoms with Crippen molar-refractivity contribution in [2.75, 3.05) is 11.4 Å². The van der Waals surface area contributed by atoms with Crippen LogP contribution in [0.3, 0.4) is 0 Å². The summed E-state index contributed by atoms with van der Waals surface area (Å²) in [6.07, 6.45) is 0.461. The Labute approximate surface area is 106 Å². The maximum Gasteiger partial charge on any atom is 0.228 e. The summed E-state index contributed by atoms with van der Waals surface area (Å²) in [6, 6.07) is 8.11. The van der Waals surface area contributed by atoms with Gasteiger partial charge in [-0.05, 0) is 24.3 Å². The topological polar surface area (TPSA) is 46.3 Å². The number of hydrogen-bond acceptors (Lipinski definition) is 3. The van der Waals surface area contributed by atoms with Crippen molar-refractivity contribution < 1.29 is 4.79 Å². The van der Waals surface area contributed by atoms with E-state index in [1.54, 1.807) is 4.90 Å². The minimum atomic E-state index is -0.0211. The highest BCUT2D eigenvalue weighted by atomic mass is 32.2. The molecule has 1 aromatic carbocycles. The van der Waals surface area contributed by atoms with Gasteiger partial charge in [-0.2, -0.15) is 0 Å². The average molecular weight is 250 g/mol. The van der Waals surface area contributed by atoms with Gasteiger partial charge in [0.2, 0.25) is 5.91 Å². The zero-order valence-corrected chi connectivity index (χ0v) is 11.0. The molecule has 17 heavy (non-hydrogen) atoms. The minimum Gasteiger partial charge on any atom is -0.326 e. The Morgan fingerprint density at radius 2 is 2.00 bits per heavy atom. The summed E-state index contributed by atoms with van der Waals surface area (Å²) in [5.74, 6) is 0.127. The standard InChI is InChI=1S/C13H18N2OS/c1-9(2)17-12-5-3-11(4-6-12)15-8-10(14)7-13(15)16/h3-6,9-10H,7-8,14H2,1-2H3. The van der Waals surface area contributed by atoms with E-state index in [2.05, 4.69) is 26.0 Å². The zero-order valence-electron chi connectivity index (χ0n) is 10.2. The van der Waals surface area contributed by atoms with E-state index in [9.17, 15) is 4.79 Å². The number of benzene rings is 1. The van der Waals surface area contributed by atoms with Crippen LogP contribution in [0.25, 0.3) is 0 Å². The van der Waals surface area contributed by atoms with Gasteiger partial charge >= 0.3 is 0 Å². The third-order valence-electron chi connectivity index (χ3n) is 2.68. The fourth-order valence-corrected chi connectivity index (χ4v) is 2.80. The molecular weight excluding hydrogens is 232 g/mol. The van der Waals surface area contributed by atoms with Crippen LogP contribution in [-0.2, 0) is 4.79 Å². The van der Waals surface area contributed by atoms with Crippen molar-refractivity contribution in [3.63, 3.8) is 0 Å². The minimum absolute atomic E-state index is 0.0211. The molecule has 1 heterocycles. The zero-order chi connectivity index (χ0) is 12.4. The molecule has 0 aromatic heterocycles. The maximum absolute atomic E-state index is 11.7. The number of rotatable bonds is 3. The molecule has 1 atom stereocenters. The van der Waals surface area contributed by atoms with Gasteiger partial charge in [-0.25, -0.2) is 0 Å². The quantitative estimate of drug-likeness (QED) is 0.837. The molecule has 1 aliphatic rings. The smallest absolute Gasteiger partial charge is 0.228 e. The van der Waals surface area contributed by atoms with E-state index >= 15 is 0 Å². The Morgan fingerprint density at radius 3 is 2.47 bits per heavy atom. The first kappa shape index (κ1) is 12.5. The molecule has 3 nitrogen and oxygen atoms in total. The predicted octanol–water partition coefficient (Wildman–Crippen LogP) is 2.25. The molecule has 0 aliphatic carbocycles. The van der Waals surface area contributed by atoms with Crippen LogP contribution in [0.1, 0.15) is 20.3 Å². The first-order valence-electron chi connectivity index (χ1n) is 5.89. The highest BCUT2D eigenvalue weighted by Gasteiger charge is 2.27. The van der Waals surface area contributed by atoms with Crippen LogP contribution in [-0.4, -0.2) is 23.7 Å².